The molecule has 2 aromatic rings. The van der Waals surface area contributed by atoms with E-state index in [9.17, 15) is 4.79 Å². The van der Waals surface area contributed by atoms with Gasteiger partial charge in [-0.1, -0.05) is 13.3 Å². The first kappa shape index (κ1) is 16.5. The molecule has 2 rings (SSSR count). The van der Waals surface area contributed by atoms with Gasteiger partial charge >= 0.3 is 0 Å². The lowest BCUT2D eigenvalue weighted by atomic mass is 10.1. The van der Waals surface area contributed by atoms with Crippen LogP contribution in [0.25, 0.3) is 11.3 Å². The maximum Gasteiger partial charge on any atom is 0.226 e. The largest absolute Gasteiger partial charge is 0.494 e. The number of carbonyl (C=O) groups excluding carboxylic acids is 1. The summed E-state index contributed by atoms with van der Waals surface area (Å²) in [6.07, 6.45) is 2.47. The summed E-state index contributed by atoms with van der Waals surface area (Å²) in [7, 11) is 0. The van der Waals surface area contributed by atoms with Crippen molar-refractivity contribution in [3.8, 4) is 17.0 Å². The number of benzene rings is 1. The SMILES string of the molecule is CCCCC(=O)Nc1nc(-c2ccc(OCC)cc2)c(C)s1. The summed E-state index contributed by atoms with van der Waals surface area (Å²) >= 11 is 1.51. The second-order valence-electron chi connectivity index (χ2n) is 5.03. The van der Waals surface area contributed by atoms with Crippen molar-refractivity contribution in [1.82, 2.24) is 4.98 Å². The number of hydrogen-bond acceptors (Lipinski definition) is 4. The number of amides is 1. The van der Waals surface area contributed by atoms with Gasteiger partial charge in [0.1, 0.15) is 5.75 Å². The number of thiazole rings is 1. The number of ether oxygens (including phenoxy) is 1. The monoisotopic (exact) mass is 318 g/mol. The predicted octanol–water partition coefficient (Wildman–Crippen LogP) is 4.65. The molecule has 1 amide bonds. The first-order valence-electron chi connectivity index (χ1n) is 7.64. The van der Waals surface area contributed by atoms with E-state index in [0.717, 1.165) is 34.7 Å². The van der Waals surface area contributed by atoms with E-state index >= 15 is 0 Å². The van der Waals surface area contributed by atoms with Crippen LogP contribution in [0, 0.1) is 6.92 Å². The van der Waals surface area contributed by atoms with Crippen LogP contribution < -0.4 is 10.1 Å². The smallest absolute Gasteiger partial charge is 0.226 e. The molecule has 1 heterocycles. The molecule has 5 heteroatoms. The number of rotatable bonds is 7. The molecule has 0 atom stereocenters. The van der Waals surface area contributed by atoms with Crippen molar-refractivity contribution < 1.29 is 9.53 Å². The molecule has 1 aromatic carbocycles. The van der Waals surface area contributed by atoms with Gasteiger partial charge in [-0.25, -0.2) is 4.98 Å². The number of anilines is 1. The van der Waals surface area contributed by atoms with E-state index < -0.39 is 0 Å². The summed E-state index contributed by atoms with van der Waals surface area (Å²) in [5.74, 6) is 0.890. The highest BCUT2D eigenvalue weighted by molar-refractivity contribution is 7.16. The van der Waals surface area contributed by atoms with Gasteiger partial charge in [-0.05, 0) is 44.5 Å². The number of nitrogens with zero attached hydrogens (tertiary/aromatic N) is 1. The van der Waals surface area contributed by atoms with Gasteiger partial charge in [-0.2, -0.15) is 0 Å². The second-order valence-corrected chi connectivity index (χ2v) is 6.24. The number of unbranched alkanes of at least 4 members (excludes halogenated alkanes) is 1. The molecule has 1 N–H and O–H groups in total. The fraction of sp³-hybridized carbons (Fsp3) is 0.412. The summed E-state index contributed by atoms with van der Waals surface area (Å²) < 4.78 is 5.45. The highest BCUT2D eigenvalue weighted by atomic mass is 32.1. The minimum atomic E-state index is 0.0360. The van der Waals surface area contributed by atoms with Crippen molar-refractivity contribution in [2.45, 2.75) is 40.0 Å². The van der Waals surface area contributed by atoms with Crippen LogP contribution in [0.3, 0.4) is 0 Å². The van der Waals surface area contributed by atoms with E-state index in [0.29, 0.717) is 18.2 Å². The van der Waals surface area contributed by atoms with Crippen LogP contribution in [0.15, 0.2) is 24.3 Å². The molecule has 0 radical (unpaired) electrons. The Kier molecular flexibility index (Phi) is 5.95. The van der Waals surface area contributed by atoms with E-state index in [1.165, 1.54) is 11.3 Å². The predicted molar refractivity (Wildman–Crippen MR) is 91.6 cm³/mol. The number of nitrogens with one attached hydrogen (secondary N) is 1. The van der Waals surface area contributed by atoms with E-state index in [2.05, 4.69) is 17.2 Å². The molecule has 1 aromatic heterocycles. The molecule has 0 aliphatic carbocycles. The zero-order chi connectivity index (χ0) is 15.9. The number of aryl methyl sites for hydroxylation is 1. The first-order valence-corrected chi connectivity index (χ1v) is 8.46. The van der Waals surface area contributed by atoms with Gasteiger partial charge in [0.05, 0.1) is 12.3 Å². The fourth-order valence-electron chi connectivity index (χ4n) is 2.11. The molecular weight excluding hydrogens is 296 g/mol. The van der Waals surface area contributed by atoms with Crippen LogP contribution in [0.1, 0.15) is 38.0 Å². The molecule has 0 aliphatic rings. The summed E-state index contributed by atoms with van der Waals surface area (Å²) in [5, 5.41) is 3.55. The highest BCUT2D eigenvalue weighted by Gasteiger charge is 2.12. The third-order valence-corrected chi connectivity index (χ3v) is 4.13. The van der Waals surface area contributed by atoms with E-state index in [1.54, 1.807) is 0 Å². The van der Waals surface area contributed by atoms with Crippen LogP contribution >= 0.6 is 11.3 Å². The van der Waals surface area contributed by atoms with Crippen LogP contribution in [-0.4, -0.2) is 17.5 Å². The van der Waals surface area contributed by atoms with Crippen molar-refractivity contribution in [3.63, 3.8) is 0 Å². The molecule has 0 saturated carbocycles. The Morgan fingerprint density at radius 1 is 1.27 bits per heavy atom. The van der Waals surface area contributed by atoms with Gasteiger partial charge in [0.15, 0.2) is 5.13 Å². The number of aromatic nitrogens is 1. The van der Waals surface area contributed by atoms with E-state index in [4.69, 9.17) is 4.74 Å². The molecule has 118 valence electrons. The van der Waals surface area contributed by atoms with E-state index in [1.807, 2.05) is 38.1 Å². The summed E-state index contributed by atoms with van der Waals surface area (Å²) in [5.41, 5.74) is 1.95. The Labute approximate surface area is 135 Å². The Morgan fingerprint density at radius 3 is 2.64 bits per heavy atom. The average Bonchev–Trinajstić information content (AvgIpc) is 2.87. The molecule has 4 nitrogen and oxygen atoms in total. The molecule has 0 unspecified atom stereocenters. The molecule has 0 spiro atoms. The lowest BCUT2D eigenvalue weighted by Gasteiger charge is -2.04. The zero-order valence-corrected chi connectivity index (χ0v) is 14.1. The first-order chi connectivity index (χ1) is 10.6. The average molecular weight is 318 g/mol. The Balaban J connectivity index is 2.10. The van der Waals surface area contributed by atoms with Gasteiger partial charge in [0.25, 0.3) is 0 Å². The van der Waals surface area contributed by atoms with Gasteiger partial charge in [0, 0.05) is 16.9 Å². The quantitative estimate of drug-likeness (QED) is 0.808. The standard InChI is InChI=1S/C17H22N2O2S/c1-4-6-7-15(20)18-17-19-16(12(3)22-17)13-8-10-14(11-9-13)21-5-2/h8-11H,4-7H2,1-3H3,(H,18,19,20). The maximum atomic E-state index is 11.8. The summed E-state index contributed by atoms with van der Waals surface area (Å²) in [4.78, 5) is 17.4. The minimum absolute atomic E-state index is 0.0360. The van der Waals surface area contributed by atoms with Crippen LogP contribution in [0.5, 0.6) is 5.75 Å². The Bertz CT molecular complexity index is 620. The Hall–Kier alpha value is -1.88. The summed E-state index contributed by atoms with van der Waals surface area (Å²) in [6, 6.07) is 7.87. The van der Waals surface area contributed by atoms with Crippen molar-refractivity contribution in [2.24, 2.45) is 0 Å². The van der Waals surface area contributed by atoms with Gasteiger partial charge in [-0.15, -0.1) is 11.3 Å². The molecule has 0 fully saturated rings. The van der Waals surface area contributed by atoms with Gasteiger partial charge in [-0.3, -0.25) is 4.79 Å². The van der Waals surface area contributed by atoms with E-state index in [-0.39, 0.29) is 5.91 Å². The minimum Gasteiger partial charge on any atom is -0.494 e. The van der Waals surface area contributed by atoms with Crippen molar-refractivity contribution in [3.05, 3.63) is 29.1 Å². The van der Waals surface area contributed by atoms with Gasteiger partial charge in [0.2, 0.25) is 5.91 Å². The van der Waals surface area contributed by atoms with Crippen molar-refractivity contribution >= 4 is 22.4 Å². The van der Waals surface area contributed by atoms with Crippen molar-refractivity contribution in [2.75, 3.05) is 11.9 Å². The molecule has 0 saturated heterocycles. The normalized spacial score (nSPS) is 10.5. The highest BCUT2D eigenvalue weighted by Crippen LogP contribution is 2.31. The van der Waals surface area contributed by atoms with Crippen LogP contribution in [0.4, 0.5) is 5.13 Å². The van der Waals surface area contributed by atoms with Crippen molar-refractivity contribution in [1.29, 1.82) is 0 Å². The second kappa shape index (κ2) is 7.94. The van der Waals surface area contributed by atoms with Gasteiger partial charge < -0.3 is 10.1 Å². The zero-order valence-electron chi connectivity index (χ0n) is 13.3. The third kappa shape index (κ3) is 4.31. The molecule has 22 heavy (non-hydrogen) atoms. The van der Waals surface area contributed by atoms with Crippen LogP contribution in [0.2, 0.25) is 0 Å². The molecule has 0 aliphatic heterocycles. The number of carbonyl (C=O) groups is 1. The number of hydrogen-bond donors (Lipinski definition) is 1. The lowest BCUT2D eigenvalue weighted by molar-refractivity contribution is -0.116. The fourth-order valence-corrected chi connectivity index (χ4v) is 2.96. The third-order valence-electron chi connectivity index (χ3n) is 3.24. The maximum absolute atomic E-state index is 11.8. The topological polar surface area (TPSA) is 51.2 Å². The van der Waals surface area contributed by atoms with Crippen LogP contribution in [-0.2, 0) is 4.79 Å². The summed E-state index contributed by atoms with van der Waals surface area (Å²) in [6.45, 7) is 6.71. The lowest BCUT2D eigenvalue weighted by Crippen LogP contribution is -2.10. The Morgan fingerprint density at radius 2 is 2.00 bits per heavy atom. The molecule has 0 bridgehead atoms. The molecular formula is C17H22N2O2S.